The number of nitrogens with zero attached hydrogens (tertiary/aromatic N) is 3. The summed E-state index contributed by atoms with van der Waals surface area (Å²) in [6.45, 7) is 0.691. The first kappa shape index (κ1) is 12.8. The van der Waals surface area contributed by atoms with Gasteiger partial charge < -0.3 is 11.1 Å². The van der Waals surface area contributed by atoms with Gasteiger partial charge in [-0.2, -0.15) is 10.4 Å². The lowest BCUT2D eigenvalue weighted by Crippen LogP contribution is -2.13. The molecule has 0 atom stereocenters. The number of hydrogen-bond acceptors (Lipinski definition) is 4. The zero-order valence-corrected chi connectivity index (χ0v) is 9.90. The fourth-order valence-electron chi connectivity index (χ4n) is 1.60. The summed E-state index contributed by atoms with van der Waals surface area (Å²) in [5.74, 6) is -1.59. The normalized spacial score (nSPS) is 10.2. The van der Waals surface area contributed by atoms with E-state index in [1.807, 2.05) is 0 Å². The van der Waals surface area contributed by atoms with Crippen LogP contribution in [-0.4, -0.2) is 16.3 Å². The number of rotatable bonds is 4. The summed E-state index contributed by atoms with van der Waals surface area (Å²) >= 11 is 0. The van der Waals surface area contributed by atoms with Crippen molar-refractivity contribution in [3.05, 3.63) is 41.7 Å². The molecule has 0 aliphatic heterocycles. The van der Waals surface area contributed by atoms with Crippen molar-refractivity contribution in [2.24, 2.45) is 0 Å². The third kappa shape index (κ3) is 2.98. The van der Waals surface area contributed by atoms with Crippen molar-refractivity contribution in [3.8, 4) is 6.07 Å². The number of aromatic nitrogens is 2. The van der Waals surface area contributed by atoms with Gasteiger partial charge in [-0.15, -0.1) is 0 Å². The summed E-state index contributed by atoms with van der Waals surface area (Å²) in [4.78, 5) is 0. The number of nitrogen functional groups attached to an aromatic ring is 1. The van der Waals surface area contributed by atoms with Crippen LogP contribution in [0.5, 0.6) is 0 Å². The van der Waals surface area contributed by atoms with E-state index < -0.39 is 11.6 Å². The molecular formula is C12H11F2N5. The maximum Gasteiger partial charge on any atom is 0.150 e. The molecule has 0 aliphatic rings. The average molecular weight is 263 g/mol. The molecule has 5 nitrogen and oxygen atoms in total. The van der Waals surface area contributed by atoms with Gasteiger partial charge in [-0.3, -0.25) is 4.68 Å². The molecule has 0 saturated heterocycles. The lowest BCUT2D eigenvalue weighted by atomic mass is 10.2. The Balaban J connectivity index is 2.02. The van der Waals surface area contributed by atoms with Crippen LogP contribution in [0.2, 0.25) is 0 Å². The second-order valence-corrected chi connectivity index (χ2v) is 3.89. The van der Waals surface area contributed by atoms with Crippen LogP contribution in [0.1, 0.15) is 5.56 Å². The third-order valence-electron chi connectivity index (χ3n) is 2.47. The van der Waals surface area contributed by atoms with Crippen LogP contribution >= 0.6 is 0 Å². The molecule has 0 unspecified atom stereocenters. The zero-order chi connectivity index (χ0) is 13.8. The summed E-state index contributed by atoms with van der Waals surface area (Å²) in [6, 6.07) is 3.65. The molecule has 0 bridgehead atoms. The van der Waals surface area contributed by atoms with E-state index in [2.05, 4.69) is 10.4 Å². The highest BCUT2D eigenvalue weighted by molar-refractivity contribution is 5.50. The number of nitriles is 1. The van der Waals surface area contributed by atoms with Gasteiger partial charge in [0.05, 0.1) is 30.1 Å². The Morgan fingerprint density at radius 1 is 1.37 bits per heavy atom. The average Bonchev–Trinajstić information content (AvgIpc) is 2.78. The van der Waals surface area contributed by atoms with Gasteiger partial charge in [0.25, 0.3) is 0 Å². The lowest BCUT2D eigenvalue weighted by Gasteiger charge is -2.09. The van der Waals surface area contributed by atoms with E-state index in [-0.39, 0.29) is 17.8 Å². The minimum Gasteiger partial charge on any atom is -0.396 e. The van der Waals surface area contributed by atoms with E-state index in [4.69, 9.17) is 11.0 Å². The summed E-state index contributed by atoms with van der Waals surface area (Å²) in [6.07, 6.45) is 3.11. The molecular weight excluding hydrogens is 252 g/mol. The first-order valence-electron chi connectivity index (χ1n) is 5.51. The summed E-state index contributed by atoms with van der Waals surface area (Å²) in [5, 5.41) is 15.1. The maximum atomic E-state index is 13.5. The molecule has 1 aromatic heterocycles. The Kier molecular flexibility index (Phi) is 3.61. The molecule has 2 rings (SSSR count). The monoisotopic (exact) mass is 263 g/mol. The molecule has 1 aromatic carbocycles. The number of nitrogens with two attached hydrogens (primary N) is 1. The third-order valence-corrected chi connectivity index (χ3v) is 2.47. The summed E-state index contributed by atoms with van der Waals surface area (Å²) < 4.78 is 28.6. The van der Waals surface area contributed by atoms with Gasteiger partial charge in [-0.1, -0.05) is 0 Å². The number of hydrogen-bond donors (Lipinski definition) is 2. The predicted octanol–water partition coefficient (Wildman–Crippen LogP) is 1.73. The molecule has 0 amide bonds. The molecule has 3 N–H and O–H groups in total. The molecule has 2 aromatic rings. The number of anilines is 2. The molecule has 0 spiro atoms. The van der Waals surface area contributed by atoms with E-state index in [0.717, 1.165) is 12.1 Å². The Morgan fingerprint density at radius 3 is 2.58 bits per heavy atom. The Labute approximate surface area is 108 Å². The molecule has 0 fully saturated rings. The van der Waals surface area contributed by atoms with Gasteiger partial charge in [-0.05, 0) is 12.1 Å². The Bertz CT molecular complexity index is 606. The van der Waals surface area contributed by atoms with Crippen LogP contribution in [-0.2, 0) is 6.54 Å². The van der Waals surface area contributed by atoms with Crippen LogP contribution in [0, 0.1) is 23.0 Å². The van der Waals surface area contributed by atoms with Gasteiger partial charge in [0.1, 0.15) is 5.69 Å². The van der Waals surface area contributed by atoms with Gasteiger partial charge in [-0.25, -0.2) is 8.78 Å². The topological polar surface area (TPSA) is 79.7 Å². The zero-order valence-electron chi connectivity index (χ0n) is 9.90. The maximum absolute atomic E-state index is 13.5. The van der Waals surface area contributed by atoms with Crippen LogP contribution in [0.4, 0.5) is 20.2 Å². The van der Waals surface area contributed by atoms with Crippen molar-refractivity contribution in [2.75, 3.05) is 17.6 Å². The molecule has 7 heteroatoms. The van der Waals surface area contributed by atoms with Crippen LogP contribution in [0.25, 0.3) is 0 Å². The molecule has 1 heterocycles. The molecule has 19 heavy (non-hydrogen) atoms. The fraction of sp³-hybridized carbons (Fsp3) is 0.167. The quantitative estimate of drug-likeness (QED) is 0.880. The number of halogens is 2. The van der Waals surface area contributed by atoms with Gasteiger partial charge in [0, 0.05) is 12.7 Å². The number of nitrogens with one attached hydrogen (secondary N) is 1. The van der Waals surface area contributed by atoms with Gasteiger partial charge in [0.15, 0.2) is 11.6 Å². The fourth-order valence-corrected chi connectivity index (χ4v) is 1.60. The predicted molar refractivity (Wildman–Crippen MR) is 66.2 cm³/mol. The van der Waals surface area contributed by atoms with Crippen molar-refractivity contribution in [1.29, 1.82) is 5.26 Å². The van der Waals surface area contributed by atoms with E-state index in [0.29, 0.717) is 12.2 Å². The highest BCUT2D eigenvalue weighted by Gasteiger charge is 2.10. The molecule has 0 aliphatic carbocycles. The van der Waals surface area contributed by atoms with E-state index in [1.165, 1.54) is 6.20 Å². The van der Waals surface area contributed by atoms with Crippen molar-refractivity contribution in [1.82, 2.24) is 9.78 Å². The van der Waals surface area contributed by atoms with Crippen molar-refractivity contribution in [3.63, 3.8) is 0 Å². The smallest absolute Gasteiger partial charge is 0.150 e. The van der Waals surface area contributed by atoms with Crippen LogP contribution in [0.15, 0.2) is 24.5 Å². The van der Waals surface area contributed by atoms with E-state index in [9.17, 15) is 8.78 Å². The first-order valence-corrected chi connectivity index (χ1v) is 5.51. The molecule has 0 saturated carbocycles. The van der Waals surface area contributed by atoms with Crippen LogP contribution in [0.3, 0.4) is 0 Å². The van der Waals surface area contributed by atoms with Crippen LogP contribution < -0.4 is 11.1 Å². The summed E-state index contributed by atoms with van der Waals surface area (Å²) in [7, 11) is 0. The van der Waals surface area contributed by atoms with Gasteiger partial charge >= 0.3 is 0 Å². The Hall–Kier alpha value is -2.62. The minimum absolute atomic E-state index is 0.0552. The second-order valence-electron chi connectivity index (χ2n) is 3.89. The highest BCUT2D eigenvalue weighted by atomic mass is 19.1. The molecule has 98 valence electrons. The van der Waals surface area contributed by atoms with Crippen molar-refractivity contribution < 1.29 is 8.78 Å². The first-order chi connectivity index (χ1) is 9.10. The SMILES string of the molecule is N#Cc1cc(F)c(NCCn2cc(N)cn2)c(F)c1. The van der Waals surface area contributed by atoms with Gasteiger partial charge in [0.2, 0.25) is 0 Å². The highest BCUT2D eigenvalue weighted by Crippen LogP contribution is 2.20. The minimum atomic E-state index is -0.795. The van der Waals surface area contributed by atoms with Crippen molar-refractivity contribution in [2.45, 2.75) is 6.54 Å². The number of benzene rings is 1. The van der Waals surface area contributed by atoms with Crippen molar-refractivity contribution >= 4 is 11.4 Å². The summed E-state index contributed by atoms with van der Waals surface area (Å²) in [5.41, 5.74) is 5.71. The van der Waals surface area contributed by atoms with E-state index >= 15 is 0 Å². The largest absolute Gasteiger partial charge is 0.396 e. The molecule has 0 radical (unpaired) electrons. The standard InChI is InChI=1S/C12H11F2N5/c13-10-3-8(5-15)4-11(14)12(10)17-1-2-19-7-9(16)6-18-19/h3-4,6-7,17H,1-2,16H2. The Morgan fingerprint density at radius 2 is 2.05 bits per heavy atom. The van der Waals surface area contributed by atoms with E-state index in [1.54, 1.807) is 16.9 Å². The lowest BCUT2D eigenvalue weighted by molar-refractivity contribution is 0.581. The second kappa shape index (κ2) is 5.35.